The van der Waals surface area contributed by atoms with Crippen LogP contribution in [0.2, 0.25) is 0 Å². The van der Waals surface area contributed by atoms with Gasteiger partial charge in [-0.1, -0.05) is 6.92 Å². The van der Waals surface area contributed by atoms with Crippen LogP contribution in [0.25, 0.3) is 10.9 Å². The largest absolute Gasteiger partial charge is 0.494 e. The highest BCUT2D eigenvalue weighted by Gasteiger charge is 2.29. The minimum absolute atomic E-state index is 0.0619. The molecule has 1 aromatic heterocycles. The van der Waals surface area contributed by atoms with Crippen molar-refractivity contribution in [1.82, 2.24) is 15.0 Å². The molecule has 0 aliphatic heterocycles. The number of ether oxygens (including phenoxy) is 1. The molecule has 0 saturated carbocycles. The van der Waals surface area contributed by atoms with Crippen LogP contribution >= 0.6 is 0 Å². The summed E-state index contributed by atoms with van der Waals surface area (Å²) >= 11 is 0. The topological polar surface area (TPSA) is 175 Å². The van der Waals surface area contributed by atoms with Crippen LogP contribution in [0.15, 0.2) is 24.4 Å². The third kappa shape index (κ3) is 7.75. The summed E-state index contributed by atoms with van der Waals surface area (Å²) in [5.41, 5.74) is 1.39. The second-order valence-electron chi connectivity index (χ2n) is 7.48. The number of sulfonamides is 1. The predicted octanol–water partition coefficient (Wildman–Crippen LogP) is 1.24. The summed E-state index contributed by atoms with van der Waals surface area (Å²) in [6, 6.07) is 2.61. The number of aromatic amines is 1. The maximum absolute atomic E-state index is 12.9. The van der Waals surface area contributed by atoms with Gasteiger partial charge in [-0.05, 0) is 49.9 Å². The smallest absolute Gasteiger partial charge is 0.326 e. The van der Waals surface area contributed by atoms with E-state index in [0.717, 1.165) is 17.3 Å². The lowest BCUT2D eigenvalue weighted by molar-refractivity contribution is -0.143. The molecule has 0 radical (unpaired) electrons. The van der Waals surface area contributed by atoms with Gasteiger partial charge in [0.1, 0.15) is 17.8 Å². The number of carbonyl (C=O) groups excluding carboxylic acids is 1. The molecule has 0 saturated heterocycles. The molecule has 1 amide bonds. The number of benzene rings is 1. The fraction of sp³-hybridized carbons (Fsp3) is 0.476. The number of aromatic nitrogens is 1. The molecule has 1 heterocycles. The summed E-state index contributed by atoms with van der Waals surface area (Å²) in [5.74, 6) is -3.14. The monoisotopic (exact) mass is 483 g/mol. The van der Waals surface area contributed by atoms with E-state index < -0.39 is 46.4 Å². The Bertz CT molecular complexity index is 1100. The van der Waals surface area contributed by atoms with Gasteiger partial charge >= 0.3 is 11.9 Å². The zero-order valence-corrected chi connectivity index (χ0v) is 19.3. The van der Waals surface area contributed by atoms with Crippen LogP contribution < -0.4 is 14.8 Å². The zero-order chi connectivity index (χ0) is 24.6. The van der Waals surface area contributed by atoms with Crippen LogP contribution in [0.3, 0.4) is 0 Å². The van der Waals surface area contributed by atoms with Gasteiger partial charge in [-0.25, -0.2) is 17.9 Å². The molecule has 1 aromatic carbocycles. The van der Waals surface area contributed by atoms with Crippen molar-refractivity contribution in [3.63, 3.8) is 0 Å². The lowest BCUT2D eigenvalue weighted by Gasteiger charge is -2.21. The van der Waals surface area contributed by atoms with E-state index in [1.54, 1.807) is 18.3 Å². The SMILES string of the molecule is CCCOc1ccc2[nH]cc(CC(NS(=O)(=O)CC)C(=O)NC(CCC(=O)O)C(=O)O)c2c1. The van der Waals surface area contributed by atoms with Crippen molar-refractivity contribution in [2.24, 2.45) is 0 Å². The average molecular weight is 484 g/mol. The van der Waals surface area contributed by atoms with Gasteiger partial charge in [-0.15, -0.1) is 0 Å². The molecule has 0 fully saturated rings. The number of H-pyrrole nitrogens is 1. The number of carboxylic acid groups (broad SMARTS) is 2. The van der Waals surface area contributed by atoms with E-state index in [9.17, 15) is 27.9 Å². The zero-order valence-electron chi connectivity index (χ0n) is 18.5. The molecule has 11 nitrogen and oxygen atoms in total. The van der Waals surface area contributed by atoms with Crippen molar-refractivity contribution in [1.29, 1.82) is 0 Å². The van der Waals surface area contributed by atoms with Crippen LogP contribution in [0, 0.1) is 0 Å². The first-order chi connectivity index (χ1) is 15.6. The molecule has 2 unspecified atom stereocenters. The second kappa shape index (κ2) is 11.7. The Balaban J connectivity index is 2.31. The van der Waals surface area contributed by atoms with E-state index >= 15 is 0 Å². The Morgan fingerprint density at radius 1 is 1.15 bits per heavy atom. The first-order valence-corrected chi connectivity index (χ1v) is 12.2. The van der Waals surface area contributed by atoms with E-state index in [-0.39, 0.29) is 18.6 Å². The Kier molecular flexibility index (Phi) is 9.23. The van der Waals surface area contributed by atoms with E-state index in [4.69, 9.17) is 9.84 Å². The van der Waals surface area contributed by atoms with Crippen molar-refractivity contribution in [3.8, 4) is 5.75 Å². The fourth-order valence-electron chi connectivity index (χ4n) is 3.14. The number of carbonyl (C=O) groups is 3. The molecule has 12 heteroatoms. The van der Waals surface area contributed by atoms with Crippen LogP contribution in [0.4, 0.5) is 0 Å². The number of nitrogens with one attached hydrogen (secondary N) is 3. The molecule has 0 spiro atoms. The van der Waals surface area contributed by atoms with Gasteiger partial charge in [0.05, 0.1) is 12.4 Å². The van der Waals surface area contributed by atoms with E-state index in [1.165, 1.54) is 6.92 Å². The number of carboxylic acids is 2. The summed E-state index contributed by atoms with van der Waals surface area (Å²) in [7, 11) is -3.81. The molecule has 182 valence electrons. The average Bonchev–Trinajstić information content (AvgIpc) is 3.16. The highest BCUT2D eigenvalue weighted by Crippen LogP contribution is 2.25. The van der Waals surface area contributed by atoms with Crippen molar-refractivity contribution >= 4 is 38.8 Å². The van der Waals surface area contributed by atoms with Gasteiger partial charge in [-0.3, -0.25) is 9.59 Å². The molecular weight excluding hydrogens is 454 g/mol. The van der Waals surface area contributed by atoms with Gasteiger partial charge in [0.25, 0.3) is 0 Å². The Labute approximate surface area is 191 Å². The summed E-state index contributed by atoms with van der Waals surface area (Å²) in [5, 5.41) is 21.1. The molecule has 2 aromatic rings. The maximum atomic E-state index is 12.9. The highest BCUT2D eigenvalue weighted by atomic mass is 32.2. The normalized spacial score (nSPS) is 13.4. The second-order valence-corrected chi connectivity index (χ2v) is 9.52. The lowest BCUT2D eigenvalue weighted by Crippen LogP contribution is -2.52. The Morgan fingerprint density at radius 3 is 2.48 bits per heavy atom. The first-order valence-electron chi connectivity index (χ1n) is 10.5. The van der Waals surface area contributed by atoms with Crippen molar-refractivity contribution in [2.45, 2.75) is 51.6 Å². The fourth-order valence-corrected chi connectivity index (χ4v) is 3.93. The number of hydrogen-bond donors (Lipinski definition) is 5. The molecule has 5 N–H and O–H groups in total. The first kappa shape index (κ1) is 26.1. The third-order valence-electron chi connectivity index (χ3n) is 4.92. The summed E-state index contributed by atoms with van der Waals surface area (Å²) in [4.78, 5) is 38.2. The number of aliphatic carboxylic acids is 2. The van der Waals surface area contributed by atoms with E-state index in [2.05, 4.69) is 15.0 Å². The summed E-state index contributed by atoms with van der Waals surface area (Å²) in [6.07, 6.45) is 1.60. The highest BCUT2D eigenvalue weighted by molar-refractivity contribution is 7.89. The number of hydrogen-bond acceptors (Lipinski definition) is 6. The van der Waals surface area contributed by atoms with Crippen LogP contribution in [-0.4, -0.2) is 65.9 Å². The van der Waals surface area contributed by atoms with Gasteiger partial charge in [0.15, 0.2) is 0 Å². The minimum Gasteiger partial charge on any atom is -0.494 e. The Hall–Kier alpha value is -3.12. The van der Waals surface area contributed by atoms with Gasteiger partial charge in [0.2, 0.25) is 15.9 Å². The maximum Gasteiger partial charge on any atom is 0.326 e. The van der Waals surface area contributed by atoms with Crippen LogP contribution in [0.5, 0.6) is 5.75 Å². The standard InChI is InChI=1S/C21H29N3O8S/c1-3-9-32-14-5-6-16-15(11-14)13(12-22-16)10-18(24-33(30,31)4-2)20(27)23-17(21(28)29)7-8-19(25)26/h5-6,11-12,17-18,22,24H,3-4,7-10H2,1-2H3,(H,23,27)(H,25,26)(H,28,29). The van der Waals surface area contributed by atoms with Crippen LogP contribution in [0.1, 0.15) is 38.7 Å². The molecular formula is C21H29N3O8S. The van der Waals surface area contributed by atoms with Crippen molar-refractivity contribution in [2.75, 3.05) is 12.4 Å². The summed E-state index contributed by atoms with van der Waals surface area (Å²) in [6.45, 7) is 3.91. The van der Waals surface area contributed by atoms with E-state index in [1.807, 2.05) is 13.0 Å². The molecule has 0 aliphatic rings. The molecule has 0 bridgehead atoms. The molecule has 2 atom stereocenters. The van der Waals surface area contributed by atoms with Gasteiger partial charge < -0.3 is 25.3 Å². The van der Waals surface area contributed by atoms with Crippen LogP contribution in [-0.2, 0) is 30.8 Å². The number of fused-ring (bicyclic) bond motifs is 1. The number of rotatable bonds is 14. The minimum atomic E-state index is -3.81. The predicted molar refractivity (Wildman–Crippen MR) is 121 cm³/mol. The van der Waals surface area contributed by atoms with E-state index in [0.29, 0.717) is 17.9 Å². The van der Waals surface area contributed by atoms with Gasteiger partial charge in [0, 0.05) is 23.5 Å². The van der Waals surface area contributed by atoms with Crippen molar-refractivity contribution < 1.29 is 37.8 Å². The number of amides is 1. The molecule has 0 aliphatic carbocycles. The third-order valence-corrected chi connectivity index (χ3v) is 6.32. The molecule has 33 heavy (non-hydrogen) atoms. The Morgan fingerprint density at radius 2 is 1.88 bits per heavy atom. The molecule has 2 rings (SSSR count). The van der Waals surface area contributed by atoms with Gasteiger partial charge in [-0.2, -0.15) is 0 Å². The summed E-state index contributed by atoms with van der Waals surface area (Å²) < 4.78 is 32.4. The van der Waals surface area contributed by atoms with Crippen molar-refractivity contribution in [3.05, 3.63) is 30.0 Å². The lowest BCUT2D eigenvalue weighted by atomic mass is 10.0. The quantitative estimate of drug-likeness (QED) is 0.267.